The van der Waals surface area contributed by atoms with Crippen molar-refractivity contribution < 1.29 is 4.92 Å². The highest BCUT2D eigenvalue weighted by Gasteiger charge is 2.28. The molecule has 9 heteroatoms. The minimum absolute atomic E-state index is 0.0404. The van der Waals surface area contributed by atoms with Crippen LogP contribution in [0.3, 0.4) is 0 Å². The van der Waals surface area contributed by atoms with Crippen molar-refractivity contribution >= 4 is 34.7 Å². The normalized spacial score (nSPS) is 19.3. The van der Waals surface area contributed by atoms with Crippen molar-refractivity contribution in [2.24, 2.45) is 5.92 Å². The third-order valence-electron chi connectivity index (χ3n) is 6.40. The Balaban J connectivity index is 1.39. The Labute approximate surface area is 194 Å². The van der Waals surface area contributed by atoms with Crippen LogP contribution in [0.15, 0.2) is 30.5 Å². The Kier molecular flexibility index (Phi) is 7.76. The van der Waals surface area contributed by atoms with Crippen LogP contribution in [-0.4, -0.2) is 52.5 Å². The zero-order valence-corrected chi connectivity index (χ0v) is 19.1. The average molecular weight is 459 g/mol. The molecule has 1 N–H and O–H groups in total. The fraction of sp³-hybridized carbons (Fsp3) is 0.565. The van der Waals surface area contributed by atoms with Gasteiger partial charge in [-0.25, -0.2) is 4.98 Å². The summed E-state index contributed by atoms with van der Waals surface area (Å²) in [5.41, 5.74) is 0.741. The Morgan fingerprint density at radius 1 is 1.12 bits per heavy atom. The van der Waals surface area contributed by atoms with Gasteiger partial charge in [0.05, 0.1) is 4.92 Å². The summed E-state index contributed by atoms with van der Waals surface area (Å²) in [6.45, 7) is 5.29. The molecule has 1 unspecified atom stereocenters. The molecule has 3 heterocycles. The van der Waals surface area contributed by atoms with E-state index in [4.69, 9.17) is 11.6 Å². The summed E-state index contributed by atoms with van der Waals surface area (Å²) in [6, 6.07) is 7.20. The number of benzene rings is 1. The topological polar surface area (TPSA) is 87.4 Å². The molecule has 2 saturated heterocycles. The van der Waals surface area contributed by atoms with E-state index in [2.05, 4.69) is 25.1 Å². The number of hydrogen-bond donors (Lipinski definition) is 1. The molecular weight excluding hydrogens is 428 g/mol. The number of nitrogens with one attached hydrogen (secondary N) is 1. The van der Waals surface area contributed by atoms with Gasteiger partial charge >= 0.3 is 5.69 Å². The molecule has 0 aliphatic carbocycles. The number of likely N-dealkylation sites (tertiary alicyclic amines) is 1. The lowest BCUT2D eigenvalue weighted by Crippen LogP contribution is -2.36. The smallest absolute Gasteiger partial charge is 0.329 e. The Morgan fingerprint density at radius 2 is 1.91 bits per heavy atom. The number of rotatable bonds is 9. The Hall–Kier alpha value is -2.45. The zero-order chi connectivity index (χ0) is 22.3. The van der Waals surface area contributed by atoms with Crippen molar-refractivity contribution in [2.75, 3.05) is 42.9 Å². The van der Waals surface area contributed by atoms with Crippen LogP contribution >= 0.6 is 11.6 Å². The zero-order valence-electron chi connectivity index (χ0n) is 18.4. The van der Waals surface area contributed by atoms with Crippen LogP contribution in [0.1, 0.15) is 44.9 Å². The van der Waals surface area contributed by atoms with Crippen LogP contribution in [0, 0.1) is 16.0 Å². The van der Waals surface area contributed by atoms with Crippen molar-refractivity contribution in [3.63, 3.8) is 0 Å². The van der Waals surface area contributed by atoms with Crippen LogP contribution in [0.5, 0.6) is 0 Å². The molecule has 32 heavy (non-hydrogen) atoms. The molecule has 0 saturated carbocycles. The molecule has 4 rings (SSSR count). The van der Waals surface area contributed by atoms with Crippen LogP contribution < -0.4 is 10.2 Å². The summed E-state index contributed by atoms with van der Waals surface area (Å²) in [7, 11) is 0. The van der Waals surface area contributed by atoms with Crippen LogP contribution in [-0.2, 0) is 0 Å². The van der Waals surface area contributed by atoms with E-state index in [9.17, 15) is 10.1 Å². The maximum Gasteiger partial charge on any atom is 0.329 e. The SMILES string of the molecule is O=[N+]([O-])c1cnc(Nc2ccc(Cl)cc2)nc1N1CCCC(CCCCN2CCCC2)C1. The number of hydrogen-bond acceptors (Lipinski definition) is 7. The van der Waals surface area contributed by atoms with Crippen molar-refractivity contribution in [1.82, 2.24) is 14.9 Å². The monoisotopic (exact) mass is 458 g/mol. The van der Waals surface area contributed by atoms with E-state index in [1.165, 1.54) is 64.4 Å². The minimum Gasteiger partial charge on any atom is -0.350 e. The molecule has 0 amide bonds. The van der Waals surface area contributed by atoms with Crippen LogP contribution in [0.2, 0.25) is 5.02 Å². The number of nitrogens with zero attached hydrogens (tertiary/aromatic N) is 5. The van der Waals surface area contributed by atoms with Gasteiger partial charge in [-0.3, -0.25) is 10.1 Å². The summed E-state index contributed by atoms with van der Waals surface area (Å²) in [4.78, 5) is 24.6. The van der Waals surface area contributed by atoms with Crippen molar-refractivity contribution in [3.05, 3.63) is 45.6 Å². The van der Waals surface area contributed by atoms with Gasteiger partial charge in [0.25, 0.3) is 0 Å². The highest BCUT2D eigenvalue weighted by atomic mass is 35.5. The lowest BCUT2D eigenvalue weighted by molar-refractivity contribution is -0.384. The predicted molar refractivity (Wildman–Crippen MR) is 128 cm³/mol. The summed E-state index contributed by atoms with van der Waals surface area (Å²) in [6.07, 6.45) is 9.80. The van der Waals surface area contributed by atoms with Crippen molar-refractivity contribution in [1.29, 1.82) is 0 Å². The molecule has 8 nitrogen and oxygen atoms in total. The highest BCUT2D eigenvalue weighted by molar-refractivity contribution is 6.30. The van der Waals surface area contributed by atoms with E-state index in [-0.39, 0.29) is 10.6 Å². The largest absolute Gasteiger partial charge is 0.350 e. The van der Waals surface area contributed by atoms with Crippen LogP contribution in [0.4, 0.5) is 23.1 Å². The van der Waals surface area contributed by atoms with Crippen molar-refractivity contribution in [2.45, 2.75) is 44.9 Å². The van der Waals surface area contributed by atoms with Gasteiger partial charge in [0.1, 0.15) is 6.20 Å². The van der Waals surface area contributed by atoms with Crippen LogP contribution in [0.25, 0.3) is 0 Å². The third kappa shape index (κ3) is 6.07. The number of halogens is 1. The summed E-state index contributed by atoms with van der Waals surface area (Å²) in [5.74, 6) is 1.30. The number of unbranched alkanes of at least 4 members (excludes halogenated alkanes) is 1. The van der Waals surface area contributed by atoms with E-state index >= 15 is 0 Å². The van der Waals surface area contributed by atoms with E-state index in [0.717, 1.165) is 25.2 Å². The van der Waals surface area contributed by atoms with Gasteiger partial charge in [0, 0.05) is 23.8 Å². The third-order valence-corrected chi connectivity index (χ3v) is 6.65. The first-order valence-electron chi connectivity index (χ1n) is 11.6. The number of aromatic nitrogens is 2. The van der Waals surface area contributed by atoms with Gasteiger partial charge in [0.15, 0.2) is 0 Å². The molecule has 172 valence electrons. The molecule has 1 aromatic heterocycles. The second-order valence-corrected chi connectivity index (χ2v) is 9.23. The fourth-order valence-corrected chi connectivity index (χ4v) is 4.84. The molecule has 1 atom stereocenters. The van der Waals surface area contributed by atoms with Gasteiger partial charge < -0.3 is 15.1 Å². The molecule has 2 aromatic rings. The van der Waals surface area contributed by atoms with Gasteiger partial charge in [-0.2, -0.15) is 4.98 Å². The van der Waals surface area contributed by atoms with Crippen molar-refractivity contribution in [3.8, 4) is 0 Å². The maximum atomic E-state index is 11.6. The molecule has 0 bridgehead atoms. The first-order chi connectivity index (χ1) is 15.6. The number of anilines is 3. The van der Waals surface area contributed by atoms with E-state index < -0.39 is 0 Å². The Bertz CT molecular complexity index is 904. The number of nitro groups is 1. The molecule has 1 aromatic carbocycles. The maximum absolute atomic E-state index is 11.6. The lowest BCUT2D eigenvalue weighted by atomic mass is 9.92. The van der Waals surface area contributed by atoms with Gasteiger partial charge in [-0.15, -0.1) is 0 Å². The van der Waals surface area contributed by atoms with E-state index in [0.29, 0.717) is 22.7 Å². The Morgan fingerprint density at radius 3 is 2.66 bits per heavy atom. The average Bonchev–Trinajstić information content (AvgIpc) is 3.32. The minimum atomic E-state index is -0.388. The molecule has 2 aliphatic rings. The van der Waals surface area contributed by atoms with Gasteiger partial charge in [-0.05, 0) is 88.3 Å². The highest BCUT2D eigenvalue weighted by Crippen LogP contribution is 2.32. The standard InChI is InChI=1S/C23H31ClN6O2/c24-19-8-10-20(11-9-19)26-23-25-16-21(30(31)32)22(27-23)29-15-5-7-18(17-29)6-1-2-12-28-13-3-4-14-28/h8-11,16,18H,1-7,12-15,17H2,(H,25,26,27). The summed E-state index contributed by atoms with van der Waals surface area (Å²) >= 11 is 5.95. The lowest BCUT2D eigenvalue weighted by Gasteiger charge is -2.33. The summed E-state index contributed by atoms with van der Waals surface area (Å²) < 4.78 is 0. The molecule has 2 fully saturated rings. The van der Waals surface area contributed by atoms with E-state index in [1.807, 2.05) is 12.1 Å². The summed E-state index contributed by atoms with van der Waals surface area (Å²) in [5, 5.41) is 15.4. The quantitative estimate of drug-likeness (QED) is 0.311. The fourth-order valence-electron chi connectivity index (χ4n) is 4.72. The second-order valence-electron chi connectivity index (χ2n) is 8.79. The first-order valence-corrected chi connectivity index (χ1v) is 12.0. The first kappa shape index (κ1) is 22.7. The number of piperidine rings is 1. The van der Waals surface area contributed by atoms with Gasteiger partial charge in [0.2, 0.25) is 11.8 Å². The molecular formula is C23H31ClN6O2. The molecule has 2 aliphatic heterocycles. The van der Waals surface area contributed by atoms with Gasteiger partial charge in [-0.1, -0.05) is 18.0 Å². The molecule has 0 radical (unpaired) electrons. The van der Waals surface area contributed by atoms with E-state index in [1.54, 1.807) is 12.1 Å². The molecule has 0 spiro atoms. The predicted octanol–water partition coefficient (Wildman–Crippen LogP) is 5.26. The second kappa shape index (κ2) is 10.9.